The van der Waals surface area contributed by atoms with E-state index in [1.54, 1.807) is 6.07 Å². The van der Waals surface area contributed by atoms with E-state index in [4.69, 9.17) is 10.2 Å². The van der Waals surface area contributed by atoms with E-state index in [0.29, 0.717) is 17.7 Å². The predicted molar refractivity (Wildman–Crippen MR) is 156 cm³/mol. The molecule has 0 aliphatic carbocycles. The van der Waals surface area contributed by atoms with Crippen molar-refractivity contribution in [1.29, 1.82) is 5.26 Å². The molecule has 4 heterocycles. The van der Waals surface area contributed by atoms with Gasteiger partial charge in [-0.3, -0.25) is 14.7 Å². The predicted octanol–water partition coefficient (Wildman–Crippen LogP) is 4.95. The van der Waals surface area contributed by atoms with Gasteiger partial charge in [0.05, 0.1) is 23.9 Å². The van der Waals surface area contributed by atoms with Crippen LogP contribution in [-0.4, -0.2) is 53.1 Å². The number of piperazine rings is 1. The van der Waals surface area contributed by atoms with Crippen molar-refractivity contribution in [2.75, 3.05) is 37.6 Å². The summed E-state index contributed by atoms with van der Waals surface area (Å²) in [6.07, 6.45) is 7.27. The Morgan fingerprint density at radius 1 is 1.02 bits per heavy atom. The highest BCUT2D eigenvalue weighted by molar-refractivity contribution is 5.95. The van der Waals surface area contributed by atoms with Crippen LogP contribution in [0.25, 0.3) is 21.9 Å². The minimum absolute atomic E-state index is 0.195. The van der Waals surface area contributed by atoms with Crippen LogP contribution in [0.4, 0.5) is 5.69 Å². The van der Waals surface area contributed by atoms with Gasteiger partial charge in [0.15, 0.2) is 5.76 Å². The van der Waals surface area contributed by atoms with Gasteiger partial charge < -0.3 is 19.6 Å². The number of carbonyl (C=O) groups excluding carboxylic acids is 1. The molecule has 0 radical (unpaired) electrons. The molecule has 1 fully saturated rings. The molecule has 1 amide bonds. The number of aryl methyl sites for hydroxylation is 1. The number of nitrogens with zero attached hydrogens (tertiary/aromatic N) is 5. The molecule has 0 spiro atoms. The van der Waals surface area contributed by atoms with Crippen molar-refractivity contribution >= 4 is 33.5 Å². The van der Waals surface area contributed by atoms with E-state index in [0.717, 1.165) is 74.3 Å². The maximum atomic E-state index is 11.4. The second kappa shape index (κ2) is 11.2. The molecule has 0 saturated carbocycles. The number of furan rings is 1. The normalized spacial score (nSPS) is 14.1. The third kappa shape index (κ3) is 5.42. The lowest BCUT2D eigenvalue weighted by molar-refractivity contribution is 0.0976. The Bertz CT molecular complexity index is 1690. The van der Waals surface area contributed by atoms with Gasteiger partial charge in [0.2, 0.25) is 0 Å². The first-order valence-electron chi connectivity index (χ1n) is 13.8. The lowest BCUT2D eigenvalue weighted by atomic mass is 10.0. The number of rotatable bonds is 9. The van der Waals surface area contributed by atoms with Gasteiger partial charge in [-0.2, -0.15) is 5.26 Å². The number of benzene rings is 2. The van der Waals surface area contributed by atoms with Crippen molar-refractivity contribution in [3.8, 4) is 6.07 Å². The highest BCUT2D eigenvalue weighted by Crippen LogP contribution is 2.27. The van der Waals surface area contributed by atoms with Crippen LogP contribution in [-0.2, 0) is 13.0 Å². The fourth-order valence-corrected chi connectivity index (χ4v) is 5.67. The molecular weight excluding hydrogens is 500 g/mol. The van der Waals surface area contributed by atoms with Crippen molar-refractivity contribution < 1.29 is 9.21 Å². The third-order valence-electron chi connectivity index (χ3n) is 7.80. The van der Waals surface area contributed by atoms with Crippen LogP contribution in [0.3, 0.4) is 0 Å². The SMILES string of the molecule is N#Cc1ccc2c(c1)c(CCCCN1CCN(c3ccc4oc(C(N)=O)cc4c3)CC1)cn2Cc1ccccn1. The molecule has 202 valence electrons. The summed E-state index contributed by atoms with van der Waals surface area (Å²) in [5.41, 5.74) is 11.3. The van der Waals surface area contributed by atoms with Crippen LogP contribution >= 0.6 is 0 Å². The van der Waals surface area contributed by atoms with E-state index < -0.39 is 5.91 Å². The number of aromatic nitrogens is 2. The summed E-state index contributed by atoms with van der Waals surface area (Å²) >= 11 is 0. The smallest absolute Gasteiger partial charge is 0.284 e. The number of carbonyl (C=O) groups is 1. The van der Waals surface area contributed by atoms with Crippen molar-refractivity contribution in [2.24, 2.45) is 5.73 Å². The number of nitriles is 1. The Kier molecular flexibility index (Phi) is 7.21. The van der Waals surface area contributed by atoms with E-state index in [1.165, 1.54) is 10.9 Å². The van der Waals surface area contributed by atoms with Crippen molar-refractivity contribution in [1.82, 2.24) is 14.5 Å². The van der Waals surface area contributed by atoms with Gasteiger partial charge in [-0.15, -0.1) is 0 Å². The molecule has 1 saturated heterocycles. The first-order chi connectivity index (χ1) is 19.6. The monoisotopic (exact) mass is 532 g/mol. The van der Waals surface area contributed by atoms with Crippen molar-refractivity contribution in [2.45, 2.75) is 25.8 Å². The average molecular weight is 533 g/mol. The maximum absolute atomic E-state index is 11.4. The standard InChI is InChI=1S/C32H32N6O2/c33-20-23-7-9-29-28(17-23)24(21-38(29)22-26-6-1-3-11-35-26)5-2-4-12-36-13-15-37(16-14-36)27-8-10-30-25(18-27)19-31(40-30)32(34)39/h1,3,6-11,17-19,21H,2,4-5,12-16,22H2,(H2,34,39). The molecule has 0 bridgehead atoms. The van der Waals surface area contributed by atoms with Gasteiger partial charge in [0, 0.05) is 60.5 Å². The number of amides is 1. The van der Waals surface area contributed by atoms with Crippen molar-refractivity contribution in [3.63, 3.8) is 0 Å². The summed E-state index contributed by atoms with van der Waals surface area (Å²) in [4.78, 5) is 20.8. The molecule has 8 nitrogen and oxygen atoms in total. The Balaban J connectivity index is 1.04. The molecule has 2 N–H and O–H groups in total. The van der Waals surface area contributed by atoms with Gasteiger partial charge in [0.1, 0.15) is 5.58 Å². The minimum Gasteiger partial charge on any atom is -0.451 e. The van der Waals surface area contributed by atoms with E-state index in [2.05, 4.69) is 43.7 Å². The first kappa shape index (κ1) is 25.7. The molecule has 0 unspecified atom stereocenters. The Morgan fingerprint density at radius 2 is 1.90 bits per heavy atom. The summed E-state index contributed by atoms with van der Waals surface area (Å²) in [7, 11) is 0. The lowest BCUT2D eigenvalue weighted by Gasteiger charge is -2.36. The molecule has 8 heteroatoms. The Labute approximate surface area is 233 Å². The molecule has 2 aromatic carbocycles. The van der Waals surface area contributed by atoms with E-state index in [-0.39, 0.29) is 5.76 Å². The molecule has 6 rings (SSSR count). The number of hydrogen-bond donors (Lipinski definition) is 1. The summed E-state index contributed by atoms with van der Waals surface area (Å²) in [5.74, 6) is -0.353. The number of nitrogens with two attached hydrogens (primary N) is 1. The van der Waals surface area contributed by atoms with E-state index in [1.807, 2.05) is 48.7 Å². The van der Waals surface area contributed by atoms with Crippen LogP contribution in [0.15, 0.2) is 77.5 Å². The topological polar surface area (TPSA) is 104 Å². The Morgan fingerprint density at radius 3 is 2.67 bits per heavy atom. The molecule has 5 aromatic rings. The minimum atomic E-state index is -0.548. The second-order valence-electron chi connectivity index (χ2n) is 10.4. The number of hydrogen-bond acceptors (Lipinski definition) is 6. The maximum Gasteiger partial charge on any atom is 0.284 e. The molecular formula is C32H32N6O2. The molecule has 1 aliphatic rings. The first-order valence-corrected chi connectivity index (χ1v) is 13.8. The van der Waals surface area contributed by atoms with Gasteiger partial charge >= 0.3 is 0 Å². The third-order valence-corrected chi connectivity index (χ3v) is 7.80. The summed E-state index contributed by atoms with van der Waals surface area (Å²) in [6, 6.07) is 22.0. The largest absolute Gasteiger partial charge is 0.451 e. The summed E-state index contributed by atoms with van der Waals surface area (Å²) in [5, 5.41) is 11.5. The van der Waals surface area contributed by atoms with Gasteiger partial charge in [-0.05, 0) is 86.0 Å². The van der Waals surface area contributed by atoms with Crippen LogP contribution in [0.5, 0.6) is 0 Å². The number of primary amides is 1. The van der Waals surface area contributed by atoms with Crippen LogP contribution in [0.1, 0.15) is 40.2 Å². The number of unbranched alkanes of at least 4 members (excludes halogenated alkanes) is 1. The van der Waals surface area contributed by atoms with Gasteiger partial charge in [-0.1, -0.05) is 6.07 Å². The van der Waals surface area contributed by atoms with Crippen LogP contribution in [0.2, 0.25) is 0 Å². The van der Waals surface area contributed by atoms with E-state index in [9.17, 15) is 10.1 Å². The zero-order valence-corrected chi connectivity index (χ0v) is 22.4. The second-order valence-corrected chi connectivity index (χ2v) is 10.4. The van der Waals surface area contributed by atoms with Crippen molar-refractivity contribution in [3.05, 3.63) is 95.6 Å². The summed E-state index contributed by atoms with van der Waals surface area (Å²) in [6.45, 7) is 5.75. The summed E-state index contributed by atoms with van der Waals surface area (Å²) < 4.78 is 7.77. The molecule has 0 atom stereocenters. The fourth-order valence-electron chi connectivity index (χ4n) is 5.67. The number of anilines is 1. The van der Waals surface area contributed by atoms with Gasteiger partial charge in [0.25, 0.3) is 5.91 Å². The fraction of sp³-hybridized carbons (Fsp3) is 0.281. The lowest BCUT2D eigenvalue weighted by Crippen LogP contribution is -2.46. The van der Waals surface area contributed by atoms with Crippen LogP contribution in [0, 0.1) is 11.3 Å². The number of pyridine rings is 1. The zero-order valence-electron chi connectivity index (χ0n) is 22.4. The molecule has 40 heavy (non-hydrogen) atoms. The molecule has 1 aliphatic heterocycles. The number of fused-ring (bicyclic) bond motifs is 2. The zero-order chi connectivity index (χ0) is 27.5. The van der Waals surface area contributed by atoms with Crippen LogP contribution < -0.4 is 10.6 Å². The highest BCUT2D eigenvalue weighted by atomic mass is 16.3. The highest BCUT2D eigenvalue weighted by Gasteiger charge is 2.18. The quantitative estimate of drug-likeness (QED) is 0.270. The Hall–Kier alpha value is -4.61. The average Bonchev–Trinajstić information content (AvgIpc) is 3.57. The molecule has 3 aromatic heterocycles. The van der Waals surface area contributed by atoms with Gasteiger partial charge in [-0.25, -0.2) is 0 Å². The van der Waals surface area contributed by atoms with E-state index >= 15 is 0 Å².